The third kappa shape index (κ3) is 2.69. The van der Waals surface area contributed by atoms with Gasteiger partial charge in [0.25, 0.3) is 0 Å². The summed E-state index contributed by atoms with van der Waals surface area (Å²) in [6.07, 6.45) is 1.28. The van der Waals surface area contributed by atoms with Crippen LogP contribution < -0.4 is 5.32 Å². The van der Waals surface area contributed by atoms with Gasteiger partial charge in [0.1, 0.15) is 5.82 Å². The van der Waals surface area contributed by atoms with Crippen molar-refractivity contribution >= 4 is 11.8 Å². The average molecular weight is 226 g/mol. The fourth-order valence-corrected chi connectivity index (χ4v) is 2.94. The number of hydrogen-bond acceptors (Lipinski definition) is 3. The van der Waals surface area contributed by atoms with Gasteiger partial charge in [-0.15, -0.1) is 0 Å². The second-order valence-electron chi connectivity index (χ2n) is 4.50. The second-order valence-corrected chi connectivity index (χ2v) is 5.53. The van der Waals surface area contributed by atoms with E-state index in [9.17, 15) is 4.39 Å². The molecule has 2 heterocycles. The molecule has 1 saturated heterocycles. The van der Waals surface area contributed by atoms with E-state index < -0.39 is 0 Å². The number of hydrogen-bond donors (Lipinski definition) is 1. The third-order valence-corrected chi connectivity index (χ3v) is 3.91. The van der Waals surface area contributed by atoms with E-state index in [1.807, 2.05) is 11.8 Å². The molecule has 2 rings (SSSR count). The molecule has 0 saturated carbocycles. The normalized spacial score (nSPS) is 25.1. The average Bonchev–Trinajstić information content (AvgIpc) is 2.17. The molecule has 1 aromatic heterocycles. The first kappa shape index (κ1) is 10.9. The minimum atomic E-state index is -0.276. The van der Waals surface area contributed by atoms with Gasteiger partial charge in [0, 0.05) is 17.0 Å². The van der Waals surface area contributed by atoms with Crippen LogP contribution in [0.1, 0.15) is 25.6 Å². The van der Waals surface area contributed by atoms with Crippen LogP contribution in [-0.2, 0) is 0 Å². The van der Waals surface area contributed by atoms with Gasteiger partial charge in [-0.2, -0.15) is 11.8 Å². The molecule has 0 amide bonds. The van der Waals surface area contributed by atoms with E-state index >= 15 is 0 Å². The SMILES string of the molecule is CC1(C)CSCC(c2ccc(F)cn2)N1. The van der Waals surface area contributed by atoms with Crippen molar-refractivity contribution in [3.8, 4) is 0 Å². The fourth-order valence-electron chi connectivity index (χ4n) is 1.74. The Morgan fingerprint density at radius 3 is 2.93 bits per heavy atom. The Hall–Kier alpha value is -0.610. The minimum absolute atomic E-state index is 0.129. The standard InChI is InChI=1S/C11H15FN2S/c1-11(2)7-15-6-10(14-11)9-4-3-8(12)5-13-9/h3-5,10,14H,6-7H2,1-2H3. The first-order chi connectivity index (χ1) is 7.07. The van der Waals surface area contributed by atoms with E-state index in [0.29, 0.717) is 0 Å². The number of nitrogens with zero attached hydrogens (tertiary/aromatic N) is 1. The van der Waals surface area contributed by atoms with Crippen molar-refractivity contribution in [2.24, 2.45) is 0 Å². The molecule has 0 aliphatic carbocycles. The summed E-state index contributed by atoms with van der Waals surface area (Å²) in [5, 5.41) is 3.52. The highest BCUT2D eigenvalue weighted by atomic mass is 32.2. The van der Waals surface area contributed by atoms with Crippen LogP contribution in [0.3, 0.4) is 0 Å². The molecule has 1 aromatic rings. The molecule has 0 radical (unpaired) electrons. The van der Waals surface area contributed by atoms with Crippen molar-refractivity contribution in [3.63, 3.8) is 0 Å². The molecule has 82 valence electrons. The Labute approximate surface area is 93.7 Å². The van der Waals surface area contributed by atoms with Gasteiger partial charge >= 0.3 is 0 Å². The minimum Gasteiger partial charge on any atom is -0.302 e. The van der Waals surface area contributed by atoms with Gasteiger partial charge in [-0.25, -0.2) is 4.39 Å². The van der Waals surface area contributed by atoms with Crippen LogP contribution in [-0.4, -0.2) is 22.0 Å². The molecule has 1 fully saturated rings. The molecule has 1 N–H and O–H groups in total. The largest absolute Gasteiger partial charge is 0.302 e. The number of rotatable bonds is 1. The lowest BCUT2D eigenvalue weighted by molar-refractivity contribution is 0.371. The maximum Gasteiger partial charge on any atom is 0.141 e. The quantitative estimate of drug-likeness (QED) is 0.796. The molecule has 0 spiro atoms. The monoisotopic (exact) mass is 226 g/mol. The van der Waals surface area contributed by atoms with E-state index in [-0.39, 0.29) is 17.4 Å². The van der Waals surface area contributed by atoms with Crippen LogP contribution in [0.2, 0.25) is 0 Å². The predicted octanol–water partition coefficient (Wildman–Crippen LogP) is 2.38. The molecular formula is C11H15FN2S. The summed E-state index contributed by atoms with van der Waals surface area (Å²) in [5.41, 5.74) is 1.06. The van der Waals surface area contributed by atoms with E-state index in [1.165, 1.54) is 12.3 Å². The predicted molar refractivity (Wildman–Crippen MR) is 61.5 cm³/mol. The topological polar surface area (TPSA) is 24.9 Å². The van der Waals surface area contributed by atoms with E-state index in [0.717, 1.165) is 17.2 Å². The van der Waals surface area contributed by atoms with Crippen molar-refractivity contribution in [1.82, 2.24) is 10.3 Å². The van der Waals surface area contributed by atoms with Crippen molar-refractivity contribution in [3.05, 3.63) is 29.8 Å². The Morgan fingerprint density at radius 1 is 1.53 bits per heavy atom. The van der Waals surface area contributed by atoms with Crippen molar-refractivity contribution in [2.75, 3.05) is 11.5 Å². The molecule has 1 aliphatic rings. The molecule has 0 bridgehead atoms. The number of nitrogens with one attached hydrogen (secondary N) is 1. The first-order valence-corrected chi connectivity index (χ1v) is 6.19. The Morgan fingerprint density at radius 2 is 2.33 bits per heavy atom. The molecular weight excluding hydrogens is 211 g/mol. The Bertz CT molecular complexity index is 337. The molecule has 1 aliphatic heterocycles. The lowest BCUT2D eigenvalue weighted by Gasteiger charge is -2.36. The number of halogens is 1. The van der Waals surface area contributed by atoms with Gasteiger partial charge in [-0.1, -0.05) is 0 Å². The van der Waals surface area contributed by atoms with E-state index in [1.54, 1.807) is 6.07 Å². The van der Waals surface area contributed by atoms with Crippen molar-refractivity contribution in [2.45, 2.75) is 25.4 Å². The van der Waals surface area contributed by atoms with Crippen LogP contribution in [0.5, 0.6) is 0 Å². The van der Waals surface area contributed by atoms with Crippen LogP contribution >= 0.6 is 11.8 Å². The van der Waals surface area contributed by atoms with Gasteiger partial charge < -0.3 is 5.32 Å². The molecule has 15 heavy (non-hydrogen) atoms. The summed E-state index contributed by atoms with van der Waals surface area (Å²) in [6, 6.07) is 3.46. The van der Waals surface area contributed by atoms with Crippen LogP contribution in [0.25, 0.3) is 0 Å². The number of pyridine rings is 1. The maximum absolute atomic E-state index is 12.7. The van der Waals surface area contributed by atoms with Gasteiger partial charge in [-0.3, -0.25) is 4.98 Å². The lowest BCUT2D eigenvalue weighted by Crippen LogP contribution is -2.48. The summed E-state index contributed by atoms with van der Waals surface area (Å²) >= 11 is 1.91. The Balaban J connectivity index is 2.13. The Kier molecular flexibility index (Phi) is 2.98. The number of thioether (sulfide) groups is 1. The highest BCUT2D eigenvalue weighted by molar-refractivity contribution is 7.99. The molecule has 1 unspecified atom stereocenters. The highest BCUT2D eigenvalue weighted by Crippen LogP contribution is 2.28. The van der Waals surface area contributed by atoms with Gasteiger partial charge in [0.05, 0.1) is 17.9 Å². The summed E-state index contributed by atoms with van der Waals surface area (Å²) in [6.45, 7) is 4.35. The van der Waals surface area contributed by atoms with Gasteiger partial charge in [0.15, 0.2) is 0 Å². The van der Waals surface area contributed by atoms with Crippen molar-refractivity contribution < 1.29 is 4.39 Å². The zero-order valence-corrected chi connectivity index (χ0v) is 9.77. The first-order valence-electron chi connectivity index (χ1n) is 5.04. The zero-order chi connectivity index (χ0) is 10.9. The number of aromatic nitrogens is 1. The van der Waals surface area contributed by atoms with E-state index in [4.69, 9.17) is 0 Å². The van der Waals surface area contributed by atoms with Crippen LogP contribution in [0.4, 0.5) is 4.39 Å². The summed E-state index contributed by atoms with van der Waals surface area (Å²) in [7, 11) is 0. The lowest BCUT2D eigenvalue weighted by atomic mass is 10.1. The second kappa shape index (κ2) is 4.10. The van der Waals surface area contributed by atoms with Gasteiger partial charge in [-0.05, 0) is 26.0 Å². The molecule has 2 nitrogen and oxygen atoms in total. The van der Waals surface area contributed by atoms with Gasteiger partial charge in [0.2, 0.25) is 0 Å². The molecule has 4 heteroatoms. The molecule has 1 atom stereocenters. The highest BCUT2D eigenvalue weighted by Gasteiger charge is 2.28. The third-order valence-electron chi connectivity index (χ3n) is 2.42. The summed E-state index contributed by atoms with van der Waals surface area (Å²) in [4.78, 5) is 4.12. The summed E-state index contributed by atoms with van der Waals surface area (Å²) in [5.74, 6) is 1.83. The smallest absolute Gasteiger partial charge is 0.141 e. The van der Waals surface area contributed by atoms with Crippen LogP contribution in [0.15, 0.2) is 18.3 Å². The maximum atomic E-state index is 12.7. The van der Waals surface area contributed by atoms with Crippen LogP contribution in [0, 0.1) is 5.82 Å². The zero-order valence-electron chi connectivity index (χ0n) is 8.96. The molecule has 0 aromatic carbocycles. The fraction of sp³-hybridized carbons (Fsp3) is 0.545. The van der Waals surface area contributed by atoms with E-state index in [2.05, 4.69) is 24.1 Å². The summed E-state index contributed by atoms with van der Waals surface area (Å²) < 4.78 is 12.7. The van der Waals surface area contributed by atoms with Crippen molar-refractivity contribution in [1.29, 1.82) is 0 Å².